The summed E-state index contributed by atoms with van der Waals surface area (Å²) in [5.41, 5.74) is 8.72. The van der Waals surface area contributed by atoms with Gasteiger partial charge in [0.1, 0.15) is 16.4 Å². The minimum Gasteiger partial charge on any atom is -0.496 e. The van der Waals surface area contributed by atoms with Gasteiger partial charge in [-0.1, -0.05) is 29.8 Å². The van der Waals surface area contributed by atoms with Crippen LogP contribution in [-0.4, -0.2) is 26.2 Å². The molecule has 0 aliphatic rings. The number of thiazole rings is 1. The predicted octanol–water partition coefficient (Wildman–Crippen LogP) is 4.57. The van der Waals surface area contributed by atoms with E-state index in [9.17, 15) is 9.59 Å². The van der Waals surface area contributed by atoms with Gasteiger partial charge in [-0.25, -0.2) is 14.3 Å². The second-order valence-electron chi connectivity index (χ2n) is 7.36. The highest BCUT2D eigenvalue weighted by molar-refractivity contribution is 7.13. The van der Waals surface area contributed by atoms with Gasteiger partial charge >= 0.3 is 5.69 Å². The van der Waals surface area contributed by atoms with E-state index in [4.69, 9.17) is 22.1 Å². The number of halogens is 2. The molecule has 3 heterocycles. The summed E-state index contributed by atoms with van der Waals surface area (Å²) in [6, 6.07) is 14.2. The van der Waals surface area contributed by atoms with E-state index >= 15 is 0 Å². The van der Waals surface area contributed by atoms with Crippen LogP contribution in [0.25, 0.3) is 33.7 Å². The van der Waals surface area contributed by atoms with Gasteiger partial charge in [-0.05, 0) is 37.3 Å². The molecule has 0 unspecified atom stereocenters. The lowest BCUT2D eigenvalue weighted by molar-refractivity contribution is 0.411. The molecule has 174 valence electrons. The van der Waals surface area contributed by atoms with E-state index < -0.39 is 11.2 Å². The van der Waals surface area contributed by atoms with E-state index in [1.165, 1.54) is 18.4 Å². The van der Waals surface area contributed by atoms with Crippen LogP contribution in [0.4, 0.5) is 5.13 Å². The van der Waals surface area contributed by atoms with E-state index in [0.29, 0.717) is 38.5 Å². The summed E-state index contributed by atoms with van der Waals surface area (Å²) >= 11 is 7.88. The topological polar surface area (TPSA) is 108 Å². The summed E-state index contributed by atoms with van der Waals surface area (Å²) in [5, 5.41) is 2.66. The molecule has 5 aromatic rings. The first-order chi connectivity index (χ1) is 15.9. The minimum absolute atomic E-state index is 0. The fourth-order valence-corrected chi connectivity index (χ4v) is 4.76. The molecule has 0 aliphatic carbocycles. The summed E-state index contributed by atoms with van der Waals surface area (Å²) < 4.78 is 8.06. The number of anilines is 1. The standard InChI is InChI=1S/C23H18ClN5O3S.ClH/c1-12-17(4-3-5-18(12)32-2)29-21(30)20-15(27-23(29)31)10-19(24)28(20)14-8-6-13(7-9-14)16-11-33-22(25)26-16;/h3-11H,1-2H3,(H2,25,26)(H,27,31);1H. The van der Waals surface area contributed by atoms with E-state index in [-0.39, 0.29) is 17.9 Å². The molecule has 0 saturated carbocycles. The lowest BCUT2D eigenvalue weighted by atomic mass is 10.1. The van der Waals surface area contributed by atoms with Crippen molar-refractivity contribution in [3.8, 4) is 28.4 Å². The lowest BCUT2D eigenvalue weighted by Gasteiger charge is -2.13. The number of benzene rings is 2. The first-order valence-electron chi connectivity index (χ1n) is 9.91. The zero-order valence-corrected chi connectivity index (χ0v) is 20.4. The van der Waals surface area contributed by atoms with Crippen LogP contribution in [0.15, 0.2) is 63.5 Å². The van der Waals surface area contributed by atoms with Crippen molar-refractivity contribution in [2.24, 2.45) is 0 Å². The Morgan fingerprint density at radius 3 is 2.50 bits per heavy atom. The molecule has 8 nitrogen and oxygen atoms in total. The summed E-state index contributed by atoms with van der Waals surface area (Å²) in [4.78, 5) is 33.5. The van der Waals surface area contributed by atoms with Crippen molar-refractivity contribution in [1.82, 2.24) is 19.1 Å². The Morgan fingerprint density at radius 2 is 1.85 bits per heavy atom. The molecule has 0 saturated heterocycles. The monoisotopic (exact) mass is 515 g/mol. The molecule has 11 heteroatoms. The zero-order valence-electron chi connectivity index (χ0n) is 18.0. The van der Waals surface area contributed by atoms with Gasteiger partial charge in [0.05, 0.1) is 24.0 Å². The molecule has 0 spiro atoms. The van der Waals surface area contributed by atoms with Gasteiger partial charge in [0.15, 0.2) is 5.13 Å². The number of nitrogens with zero attached hydrogens (tertiary/aromatic N) is 3. The van der Waals surface area contributed by atoms with Crippen LogP contribution in [0.1, 0.15) is 5.56 Å². The number of ether oxygens (including phenoxy) is 1. The minimum atomic E-state index is -0.561. The summed E-state index contributed by atoms with van der Waals surface area (Å²) in [6.45, 7) is 1.79. The number of aromatic amines is 1. The van der Waals surface area contributed by atoms with E-state index in [1.54, 1.807) is 35.8 Å². The SMILES string of the molecule is COc1cccc(-n2c(=O)[nH]c3cc(Cl)n(-c4ccc(-c5csc(N)n5)cc4)c3c2=O)c1C.Cl. The molecule has 0 atom stereocenters. The maximum Gasteiger partial charge on any atom is 0.333 e. The van der Waals surface area contributed by atoms with Crippen LogP contribution in [0, 0.1) is 6.92 Å². The Bertz CT molecular complexity index is 1630. The first-order valence-corrected chi connectivity index (χ1v) is 11.2. The molecule has 34 heavy (non-hydrogen) atoms. The quantitative estimate of drug-likeness (QED) is 0.364. The van der Waals surface area contributed by atoms with Crippen LogP contribution in [0.5, 0.6) is 5.75 Å². The number of hydrogen-bond acceptors (Lipinski definition) is 6. The fraction of sp³-hybridized carbons (Fsp3) is 0.0870. The Kier molecular flexibility index (Phi) is 6.26. The van der Waals surface area contributed by atoms with Gasteiger partial charge in [-0.15, -0.1) is 23.7 Å². The van der Waals surface area contributed by atoms with Crippen LogP contribution >= 0.6 is 35.3 Å². The third kappa shape index (κ3) is 3.77. The Morgan fingerprint density at radius 1 is 1.12 bits per heavy atom. The second-order valence-corrected chi connectivity index (χ2v) is 8.63. The number of nitrogens with two attached hydrogens (primary N) is 1. The molecule has 0 fully saturated rings. The number of fused-ring (bicyclic) bond motifs is 1. The molecule has 5 rings (SSSR count). The number of nitrogen functional groups attached to an aromatic ring is 1. The molecule has 3 N–H and O–H groups in total. The third-order valence-electron chi connectivity index (χ3n) is 5.47. The number of hydrogen-bond donors (Lipinski definition) is 2. The lowest BCUT2D eigenvalue weighted by Crippen LogP contribution is -2.34. The van der Waals surface area contributed by atoms with Crippen LogP contribution in [0.3, 0.4) is 0 Å². The Balaban J connectivity index is 0.00000274. The Labute approximate surface area is 208 Å². The van der Waals surface area contributed by atoms with Gasteiger partial charge in [-0.2, -0.15) is 0 Å². The average Bonchev–Trinajstić information content (AvgIpc) is 3.37. The molecule has 0 aliphatic heterocycles. The van der Waals surface area contributed by atoms with Crippen molar-refractivity contribution in [2.45, 2.75) is 6.92 Å². The molecule has 0 bridgehead atoms. The van der Waals surface area contributed by atoms with E-state index in [0.717, 1.165) is 15.8 Å². The number of rotatable bonds is 4. The van der Waals surface area contributed by atoms with Crippen molar-refractivity contribution in [3.05, 3.63) is 85.5 Å². The Hall–Kier alpha value is -3.53. The highest BCUT2D eigenvalue weighted by Gasteiger charge is 2.19. The van der Waals surface area contributed by atoms with Crippen LogP contribution in [-0.2, 0) is 0 Å². The molecular formula is C23H19Cl2N5O3S. The summed E-state index contributed by atoms with van der Waals surface area (Å²) in [6.07, 6.45) is 0. The highest BCUT2D eigenvalue weighted by atomic mass is 35.5. The van der Waals surface area contributed by atoms with Crippen LogP contribution in [0.2, 0.25) is 5.15 Å². The second kappa shape index (κ2) is 9.02. The first kappa shape index (κ1) is 23.6. The van der Waals surface area contributed by atoms with Gasteiger partial charge < -0.3 is 15.5 Å². The summed E-state index contributed by atoms with van der Waals surface area (Å²) in [7, 11) is 1.54. The number of aromatic nitrogens is 4. The normalized spacial score (nSPS) is 10.9. The maximum atomic E-state index is 13.6. The zero-order chi connectivity index (χ0) is 23.3. The third-order valence-corrected chi connectivity index (χ3v) is 6.42. The molecule has 0 radical (unpaired) electrons. The van der Waals surface area contributed by atoms with Crippen molar-refractivity contribution in [3.63, 3.8) is 0 Å². The number of nitrogens with one attached hydrogen (secondary N) is 1. The van der Waals surface area contributed by atoms with Gasteiger partial charge in [0.25, 0.3) is 5.56 Å². The van der Waals surface area contributed by atoms with Crippen molar-refractivity contribution < 1.29 is 4.74 Å². The highest BCUT2D eigenvalue weighted by Crippen LogP contribution is 2.28. The molecule has 0 amide bonds. The number of H-pyrrole nitrogens is 1. The molecule has 3 aromatic heterocycles. The largest absolute Gasteiger partial charge is 0.496 e. The van der Waals surface area contributed by atoms with Gasteiger partial charge in [0, 0.05) is 22.2 Å². The fourth-order valence-electron chi connectivity index (χ4n) is 3.89. The smallest absolute Gasteiger partial charge is 0.333 e. The average molecular weight is 516 g/mol. The van der Waals surface area contributed by atoms with E-state index in [1.807, 2.05) is 29.6 Å². The van der Waals surface area contributed by atoms with Crippen LogP contribution < -0.4 is 21.7 Å². The van der Waals surface area contributed by atoms with Crippen molar-refractivity contribution in [1.29, 1.82) is 0 Å². The van der Waals surface area contributed by atoms with Gasteiger partial charge in [-0.3, -0.25) is 9.36 Å². The van der Waals surface area contributed by atoms with Crippen molar-refractivity contribution >= 4 is 51.5 Å². The van der Waals surface area contributed by atoms with Gasteiger partial charge in [0.2, 0.25) is 0 Å². The van der Waals surface area contributed by atoms with Crippen molar-refractivity contribution in [2.75, 3.05) is 12.8 Å². The number of methoxy groups -OCH3 is 1. The van der Waals surface area contributed by atoms with E-state index in [2.05, 4.69) is 9.97 Å². The molecule has 2 aromatic carbocycles. The molecular weight excluding hydrogens is 497 g/mol. The maximum absolute atomic E-state index is 13.6. The summed E-state index contributed by atoms with van der Waals surface area (Å²) in [5.74, 6) is 0.575. The predicted molar refractivity (Wildman–Crippen MR) is 139 cm³/mol.